The van der Waals surface area contributed by atoms with Crippen molar-refractivity contribution in [2.75, 3.05) is 18.0 Å². The monoisotopic (exact) mass is 512 g/mol. The molecule has 0 amide bonds. The number of anilines is 1. The van der Waals surface area contributed by atoms with Gasteiger partial charge in [-0.3, -0.25) is 4.40 Å². The average molecular weight is 512 g/mol. The van der Waals surface area contributed by atoms with Crippen molar-refractivity contribution in [2.45, 2.75) is 31.6 Å². The maximum Gasteiger partial charge on any atom is 0.491 e. The number of fused-ring (bicyclic) bond motifs is 3. The maximum absolute atomic E-state index is 13.1. The van der Waals surface area contributed by atoms with Crippen molar-refractivity contribution in [1.29, 1.82) is 0 Å². The number of rotatable bonds is 4. The number of hydrogen-bond acceptors (Lipinski definition) is 10. The van der Waals surface area contributed by atoms with Crippen LogP contribution in [0.1, 0.15) is 12.1 Å². The summed E-state index contributed by atoms with van der Waals surface area (Å²) in [5.74, 6) is -3.00. The molecule has 2 fully saturated rings. The van der Waals surface area contributed by atoms with Crippen LogP contribution < -0.4 is 15.0 Å². The molecule has 11 nitrogen and oxygen atoms in total. The van der Waals surface area contributed by atoms with Gasteiger partial charge >= 0.3 is 12.1 Å². The largest absolute Gasteiger partial charge is 0.503 e. The van der Waals surface area contributed by atoms with Crippen molar-refractivity contribution in [2.24, 2.45) is 0 Å². The number of nitrogens with one attached hydrogen (secondary N) is 1. The molecule has 4 aromatic rings. The van der Waals surface area contributed by atoms with E-state index in [1.165, 1.54) is 18.6 Å². The number of nitrogens with zero attached hydrogens (tertiary/aromatic N) is 7. The van der Waals surface area contributed by atoms with Gasteiger partial charge in [0.2, 0.25) is 5.78 Å². The molecule has 2 N–H and O–H groups in total. The normalized spacial score (nSPS) is 19.1. The van der Waals surface area contributed by atoms with Crippen LogP contribution in [0.2, 0.25) is 0 Å². The Kier molecular flexibility index (Phi) is 5.22. The number of carbonyl (C=O) groups is 1. The van der Waals surface area contributed by atoms with Gasteiger partial charge in [0.15, 0.2) is 17.3 Å². The number of esters is 1. The number of aromatic hydroxyl groups is 1. The molecule has 2 saturated heterocycles. The number of aryl methyl sites for hydroxylation is 1. The molecule has 0 radical (unpaired) electrons. The minimum Gasteiger partial charge on any atom is -0.503 e. The Balaban J connectivity index is 1.40. The van der Waals surface area contributed by atoms with Crippen LogP contribution in [0, 0.1) is 6.92 Å². The van der Waals surface area contributed by atoms with Gasteiger partial charge in [-0.1, -0.05) is 0 Å². The smallest absolute Gasteiger partial charge is 0.491 e. The highest BCUT2D eigenvalue weighted by atomic mass is 19.4. The highest BCUT2D eigenvalue weighted by Crippen LogP contribution is 2.43. The van der Waals surface area contributed by atoms with Gasteiger partial charge in [0.1, 0.15) is 11.4 Å². The third-order valence-electron chi connectivity index (χ3n) is 6.42. The fraction of sp³-hybridized carbons (Fsp3) is 0.304. The van der Waals surface area contributed by atoms with Crippen molar-refractivity contribution < 1.29 is 27.8 Å². The summed E-state index contributed by atoms with van der Waals surface area (Å²) in [6.45, 7) is 3.40. The van der Waals surface area contributed by atoms with Crippen molar-refractivity contribution in [3.8, 4) is 34.0 Å². The maximum atomic E-state index is 13.1. The molecule has 2 bridgehead atoms. The Morgan fingerprint density at radius 3 is 2.70 bits per heavy atom. The van der Waals surface area contributed by atoms with Crippen LogP contribution in [0.25, 0.3) is 28.3 Å². The fourth-order valence-corrected chi connectivity index (χ4v) is 4.72. The van der Waals surface area contributed by atoms with E-state index in [2.05, 4.69) is 40.1 Å². The molecule has 2 aliphatic rings. The predicted molar refractivity (Wildman–Crippen MR) is 123 cm³/mol. The topological polar surface area (TPSA) is 131 Å². The van der Waals surface area contributed by atoms with Crippen LogP contribution >= 0.6 is 0 Å². The summed E-state index contributed by atoms with van der Waals surface area (Å²) in [7, 11) is 0. The summed E-state index contributed by atoms with van der Waals surface area (Å²) in [5.41, 5.74) is 0.737. The Bertz CT molecular complexity index is 1520. The lowest BCUT2D eigenvalue weighted by molar-refractivity contribution is -0.189. The van der Waals surface area contributed by atoms with Crippen LogP contribution in [0.4, 0.5) is 19.0 Å². The molecule has 0 aromatic carbocycles. The molecule has 4 aromatic heterocycles. The van der Waals surface area contributed by atoms with Gasteiger partial charge in [-0.15, -0.1) is 10.2 Å². The second-order valence-corrected chi connectivity index (χ2v) is 8.94. The Morgan fingerprint density at radius 1 is 1.19 bits per heavy atom. The van der Waals surface area contributed by atoms with Crippen molar-refractivity contribution in [3.63, 3.8) is 0 Å². The zero-order valence-electron chi connectivity index (χ0n) is 19.3. The molecule has 0 spiro atoms. The van der Waals surface area contributed by atoms with E-state index >= 15 is 0 Å². The third-order valence-corrected chi connectivity index (χ3v) is 6.42. The molecule has 2 atom stereocenters. The fourth-order valence-electron chi connectivity index (χ4n) is 4.72. The second kappa shape index (κ2) is 8.37. The summed E-state index contributed by atoms with van der Waals surface area (Å²) in [4.78, 5) is 26.4. The predicted octanol–water partition coefficient (Wildman–Crippen LogP) is 2.28. The number of aromatic nitrogens is 6. The van der Waals surface area contributed by atoms with Gasteiger partial charge < -0.3 is 20.1 Å². The first-order valence-electron chi connectivity index (χ1n) is 11.3. The van der Waals surface area contributed by atoms with Gasteiger partial charge in [0, 0.05) is 61.1 Å². The van der Waals surface area contributed by atoms with E-state index in [9.17, 15) is 23.1 Å². The molecule has 0 saturated carbocycles. The van der Waals surface area contributed by atoms with E-state index in [0.717, 1.165) is 19.5 Å². The van der Waals surface area contributed by atoms with Crippen LogP contribution in [-0.2, 0) is 4.79 Å². The van der Waals surface area contributed by atoms with E-state index in [1.807, 2.05) is 0 Å². The highest BCUT2D eigenvalue weighted by molar-refractivity contribution is 5.85. The molecule has 37 heavy (non-hydrogen) atoms. The highest BCUT2D eigenvalue weighted by Gasteiger charge is 2.43. The van der Waals surface area contributed by atoms with Crippen LogP contribution in [-0.4, -0.2) is 72.0 Å². The van der Waals surface area contributed by atoms with Crippen molar-refractivity contribution >= 4 is 17.6 Å². The molecular formula is C23H19F3N8O3. The number of halogens is 3. The SMILES string of the molecule is Cc1cn2cc(-c3cnc(-c4ccc(N5CC6CC5CN6)nn4)c(O)c3OC(=O)C(F)(F)F)cnc2n1. The van der Waals surface area contributed by atoms with E-state index in [0.29, 0.717) is 29.4 Å². The Morgan fingerprint density at radius 2 is 2.03 bits per heavy atom. The second-order valence-electron chi connectivity index (χ2n) is 8.94. The number of pyridine rings is 1. The number of ether oxygens (including phenoxy) is 1. The summed E-state index contributed by atoms with van der Waals surface area (Å²) in [6, 6.07) is 3.98. The first-order chi connectivity index (χ1) is 17.7. The van der Waals surface area contributed by atoms with Crippen molar-refractivity contribution in [3.05, 3.63) is 42.6 Å². The summed E-state index contributed by atoms with van der Waals surface area (Å²) in [6.07, 6.45) is 1.42. The van der Waals surface area contributed by atoms with E-state index < -0.39 is 23.6 Å². The Labute approximate surface area is 207 Å². The quantitative estimate of drug-likeness (QED) is 0.393. The van der Waals surface area contributed by atoms with Gasteiger partial charge in [0.05, 0.1) is 5.69 Å². The molecule has 2 unspecified atom stereocenters. The zero-order valence-corrected chi connectivity index (χ0v) is 19.3. The van der Waals surface area contributed by atoms with Gasteiger partial charge in [0.25, 0.3) is 0 Å². The molecule has 0 aliphatic carbocycles. The average Bonchev–Trinajstić information content (AvgIpc) is 3.59. The van der Waals surface area contributed by atoms with Crippen LogP contribution in [0.5, 0.6) is 11.5 Å². The van der Waals surface area contributed by atoms with Gasteiger partial charge in [-0.2, -0.15) is 13.2 Å². The molecular weight excluding hydrogens is 493 g/mol. The molecule has 6 heterocycles. The summed E-state index contributed by atoms with van der Waals surface area (Å²) in [5, 5.41) is 22.7. The third kappa shape index (κ3) is 4.08. The zero-order chi connectivity index (χ0) is 25.9. The number of alkyl halides is 3. The molecule has 6 rings (SSSR count). The minimum atomic E-state index is -5.29. The number of imidazole rings is 1. The van der Waals surface area contributed by atoms with Crippen molar-refractivity contribution in [1.82, 2.24) is 34.9 Å². The minimum absolute atomic E-state index is 0.0789. The molecule has 2 aliphatic heterocycles. The Hall–Kier alpha value is -4.33. The number of piperazine rings is 1. The number of carbonyl (C=O) groups excluding carboxylic acids is 1. The van der Waals surface area contributed by atoms with E-state index in [-0.39, 0.29) is 22.5 Å². The molecule has 190 valence electrons. The first-order valence-corrected chi connectivity index (χ1v) is 11.3. The summed E-state index contributed by atoms with van der Waals surface area (Å²) < 4.78 is 45.4. The first kappa shape index (κ1) is 23.1. The van der Waals surface area contributed by atoms with E-state index in [1.54, 1.807) is 29.7 Å². The van der Waals surface area contributed by atoms with Crippen LogP contribution in [0.15, 0.2) is 36.9 Å². The van der Waals surface area contributed by atoms with Gasteiger partial charge in [-0.25, -0.2) is 19.7 Å². The van der Waals surface area contributed by atoms with E-state index in [4.69, 9.17) is 0 Å². The lowest BCUT2D eigenvalue weighted by atomic mass is 10.1. The lowest BCUT2D eigenvalue weighted by Gasteiger charge is -2.27. The number of hydrogen-bond donors (Lipinski definition) is 2. The summed E-state index contributed by atoms with van der Waals surface area (Å²) >= 11 is 0. The standard InChI is InChI=1S/C23H19F3N8O3/c1-11-8-33-9-12(5-29-22(33)30-11)15-7-28-18(19(35)20(15)37-21(36)23(24,25)26)16-2-3-17(32-31-16)34-10-13-4-14(34)6-27-13/h2-3,5,7-9,13-14,27,35H,4,6,10H2,1H3. The molecule has 14 heteroatoms. The van der Waals surface area contributed by atoms with Crippen LogP contribution in [0.3, 0.4) is 0 Å². The lowest BCUT2D eigenvalue weighted by Crippen LogP contribution is -2.44. The van der Waals surface area contributed by atoms with Gasteiger partial charge in [-0.05, 0) is 25.5 Å².